The number of carbonyl (C=O) groups excluding carboxylic acids is 1. The summed E-state index contributed by atoms with van der Waals surface area (Å²) >= 11 is 0. The lowest BCUT2D eigenvalue weighted by Crippen LogP contribution is -2.45. The van der Waals surface area contributed by atoms with Crippen LogP contribution in [0.15, 0.2) is 18.3 Å². The predicted molar refractivity (Wildman–Crippen MR) is 59.7 cm³/mol. The van der Waals surface area contributed by atoms with Gasteiger partial charge in [-0.25, -0.2) is 0 Å². The van der Waals surface area contributed by atoms with E-state index in [4.69, 9.17) is 0 Å². The molecule has 0 fully saturated rings. The molecule has 2 heterocycles. The molecule has 0 aliphatic carbocycles. The molecule has 0 radical (unpaired) electrons. The van der Waals surface area contributed by atoms with Crippen LogP contribution >= 0.6 is 0 Å². The van der Waals surface area contributed by atoms with Crippen LogP contribution in [0.4, 0.5) is 5.69 Å². The van der Waals surface area contributed by atoms with Crippen molar-refractivity contribution in [3.8, 4) is 0 Å². The van der Waals surface area contributed by atoms with Crippen molar-refractivity contribution in [1.29, 1.82) is 0 Å². The van der Waals surface area contributed by atoms with E-state index in [1.807, 2.05) is 17.0 Å². The molecule has 0 N–H and O–H groups in total. The normalized spacial score (nSPS) is 24.9. The summed E-state index contributed by atoms with van der Waals surface area (Å²) in [5.41, 5.74) is 2.02. The molecule has 0 spiro atoms. The molecule has 1 aromatic heterocycles. The first-order valence-corrected chi connectivity index (χ1v) is 5.35. The number of fused-ring (bicyclic) bond motifs is 1. The van der Waals surface area contributed by atoms with Crippen LogP contribution < -0.4 is 4.90 Å². The van der Waals surface area contributed by atoms with Gasteiger partial charge in [0, 0.05) is 19.2 Å². The highest BCUT2D eigenvalue weighted by atomic mass is 16.2. The van der Waals surface area contributed by atoms with Gasteiger partial charge in [0.25, 0.3) is 0 Å². The minimum Gasteiger partial charge on any atom is -0.308 e. The minimum atomic E-state index is 0.100. The van der Waals surface area contributed by atoms with Crippen LogP contribution in [0, 0.1) is 5.92 Å². The molecule has 3 heteroatoms. The summed E-state index contributed by atoms with van der Waals surface area (Å²) in [4.78, 5) is 17.8. The van der Waals surface area contributed by atoms with Crippen molar-refractivity contribution in [3.05, 3.63) is 24.0 Å². The van der Waals surface area contributed by atoms with Crippen molar-refractivity contribution in [2.75, 3.05) is 4.90 Å². The summed E-state index contributed by atoms with van der Waals surface area (Å²) < 4.78 is 0. The maximum atomic E-state index is 11.6. The van der Waals surface area contributed by atoms with Crippen LogP contribution in [0.25, 0.3) is 0 Å². The lowest BCUT2D eigenvalue weighted by Gasteiger charge is -2.38. The Kier molecular flexibility index (Phi) is 2.47. The minimum absolute atomic E-state index is 0.100. The van der Waals surface area contributed by atoms with Crippen molar-refractivity contribution >= 4 is 11.6 Å². The van der Waals surface area contributed by atoms with Crippen molar-refractivity contribution in [1.82, 2.24) is 4.98 Å². The quantitative estimate of drug-likeness (QED) is 0.647. The number of hydrogen-bond acceptors (Lipinski definition) is 2. The summed E-state index contributed by atoms with van der Waals surface area (Å²) in [5.74, 6) is 0.569. The van der Waals surface area contributed by atoms with Crippen LogP contribution in [0.5, 0.6) is 0 Å². The highest BCUT2D eigenvalue weighted by molar-refractivity contribution is 5.93. The monoisotopic (exact) mass is 204 g/mol. The Labute approximate surface area is 90.1 Å². The molecule has 2 rings (SSSR count). The van der Waals surface area contributed by atoms with Crippen LogP contribution in [0.1, 0.15) is 26.5 Å². The Balaban J connectivity index is 2.49. The van der Waals surface area contributed by atoms with Gasteiger partial charge in [-0.05, 0) is 31.4 Å². The second-order valence-electron chi connectivity index (χ2n) is 4.28. The maximum absolute atomic E-state index is 11.6. The molecule has 2 atom stereocenters. The number of aromatic nitrogens is 1. The summed E-state index contributed by atoms with van der Waals surface area (Å²) in [5, 5.41) is 0. The molecule has 3 nitrogen and oxygen atoms in total. The highest BCUT2D eigenvalue weighted by Crippen LogP contribution is 2.31. The molecular weight excluding hydrogens is 188 g/mol. The molecule has 15 heavy (non-hydrogen) atoms. The molecule has 80 valence electrons. The Morgan fingerprint density at radius 2 is 2.27 bits per heavy atom. The number of rotatable bonds is 0. The third kappa shape index (κ3) is 1.62. The van der Waals surface area contributed by atoms with E-state index in [-0.39, 0.29) is 11.9 Å². The lowest BCUT2D eigenvalue weighted by atomic mass is 9.90. The summed E-state index contributed by atoms with van der Waals surface area (Å²) in [7, 11) is 0. The first kappa shape index (κ1) is 10.1. The standard InChI is InChI=1S/C12H16N2O/c1-8-7-11-12(5-4-6-13-11)14(9(8)2)10(3)15/h4-6,8-9H,7H2,1-3H3/t8-,9+/m1/s1. The number of amides is 1. The van der Waals surface area contributed by atoms with Gasteiger partial charge < -0.3 is 4.90 Å². The molecule has 0 aromatic carbocycles. The Bertz CT molecular complexity index is 389. The van der Waals surface area contributed by atoms with E-state index < -0.39 is 0 Å². The Morgan fingerprint density at radius 3 is 2.93 bits per heavy atom. The van der Waals surface area contributed by atoms with E-state index in [1.54, 1.807) is 13.1 Å². The van der Waals surface area contributed by atoms with E-state index in [0.29, 0.717) is 5.92 Å². The van der Waals surface area contributed by atoms with E-state index in [0.717, 1.165) is 17.8 Å². The fourth-order valence-corrected chi connectivity index (χ4v) is 2.21. The summed E-state index contributed by atoms with van der Waals surface area (Å²) in [6.45, 7) is 5.88. The third-order valence-corrected chi connectivity index (χ3v) is 3.21. The predicted octanol–water partition coefficient (Wildman–Crippen LogP) is 2.02. The number of anilines is 1. The fourth-order valence-electron chi connectivity index (χ4n) is 2.21. The van der Waals surface area contributed by atoms with E-state index in [1.165, 1.54) is 0 Å². The molecule has 1 aliphatic heterocycles. The van der Waals surface area contributed by atoms with Gasteiger partial charge in [0.2, 0.25) is 5.91 Å². The van der Waals surface area contributed by atoms with Gasteiger partial charge in [0.1, 0.15) is 0 Å². The van der Waals surface area contributed by atoms with E-state index >= 15 is 0 Å². The van der Waals surface area contributed by atoms with Gasteiger partial charge in [-0.1, -0.05) is 6.92 Å². The molecule has 0 bridgehead atoms. The van der Waals surface area contributed by atoms with Crippen molar-refractivity contribution in [2.45, 2.75) is 33.2 Å². The fraction of sp³-hybridized carbons (Fsp3) is 0.500. The zero-order valence-electron chi connectivity index (χ0n) is 9.40. The van der Waals surface area contributed by atoms with Crippen LogP contribution in [-0.2, 0) is 11.2 Å². The average molecular weight is 204 g/mol. The van der Waals surface area contributed by atoms with Crippen molar-refractivity contribution in [2.24, 2.45) is 5.92 Å². The van der Waals surface area contributed by atoms with Crippen LogP contribution in [0.2, 0.25) is 0 Å². The summed E-state index contributed by atoms with van der Waals surface area (Å²) in [6.07, 6.45) is 2.75. The van der Waals surface area contributed by atoms with Gasteiger partial charge in [-0.3, -0.25) is 9.78 Å². The van der Waals surface area contributed by atoms with Gasteiger partial charge in [-0.15, -0.1) is 0 Å². The van der Waals surface area contributed by atoms with Crippen LogP contribution in [0.3, 0.4) is 0 Å². The number of pyridine rings is 1. The van der Waals surface area contributed by atoms with Gasteiger partial charge in [0.15, 0.2) is 0 Å². The Morgan fingerprint density at radius 1 is 1.53 bits per heavy atom. The molecule has 1 aliphatic rings. The molecular formula is C12H16N2O. The van der Waals surface area contributed by atoms with E-state index in [9.17, 15) is 4.79 Å². The zero-order chi connectivity index (χ0) is 11.0. The Hall–Kier alpha value is -1.38. The van der Waals surface area contributed by atoms with E-state index in [2.05, 4.69) is 18.8 Å². The van der Waals surface area contributed by atoms with Gasteiger partial charge in [-0.2, -0.15) is 0 Å². The first-order valence-electron chi connectivity index (χ1n) is 5.35. The zero-order valence-corrected chi connectivity index (χ0v) is 9.40. The second kappa shape index (κ2) is 3.65. The molecule has 1 aromatic rings. The molecule has 0 unspecified atom stereocenters. The second-order valence-corrected chi connectivity index (χ2v) is 4.28. The molecule has 0 saturated heterocycles. The molecule has 1 amide bonds. The van der Waals surface area contributed by atoms with Gasteiger partial charge >= 0.3 is 0 Å². The average Bonchev–Trinajstić information content (AvgIpc) is 2.19. The molecule has 0 saturated carbocycles. The summed E-state index contributed by atoms with van der Waals surface area (Å²) in [6, 6.07) is 4.13. The number of carbonyl (C=O) groups is 1. The van der Waals surface area contributed by atoms with Crippen LogP contribution in [-0.4, -0.2) is 16.9 Å². The van der Waals surface area contributed by atoms with Gasteiger partial charge in [0.05, 0.1) is 11.4 Å². The SMILES string of the molecule is CC(=O)N1c2cccnc2C[C@@H](C)[C@@H]1C. The topological polar surface area (TPSA) is 33.2 Å². The maximum Gasteiger partial charge on any atom is 0.224 e. The number of nitrogens with zero attached hydrogens (tertiary/aromatic N) is 2. The largest absolute Gasteiger partial charge is 0.308 e. The smallest absolute Gasteiger partial charge is 0.224 e. The lowest BCUT2D eigenvalue weighted by molar-refractivity contribution is -0.117. The third-order valence-electron chi connectivity index (χ3n) is 3.21. The highest BCUT2D eigenvalue weighted by Gasteiger charge is 2.31. The first-order chi connectivity index (χ1) is 7.11. The van der Waals surface area contributed by atoms with Crippen molar-refractivity contribution in [3.63, 3.8) is 0 Å². The number of hydrogen-bond donors (Lipinski definition) is 0. The van der Waals surface area contributed by atoms with Crippen molar-refractivity contribution < 1.29 is 4.79 Å².